The largest absolute Gasteiger partial charge is 0.399 e. The van der Waals surface area contributed by atoms with Gasteiger partial charge in [-0.05, 0) is 12.1 Å². The Bertz CT molecular complexity index is 581. The van der Waals surface area contributed by atoms with E-state index in [1.165, 1.54) is 19.2 Å². The Labute approximate surface area is 127 Å². The fraction of sp³-hybridized carbons (Fsp3) is 0.364. The third-order valence-corrected chi connectivity index (χ3v) is 4.37. The van der Waals surface area contributed by atoms with Gasteiger partial charge in [0.25, 0.3) is 0 Å². The second-order valence-corrected chi connectivity index (χ2v) is 6.99. The van der Waals surface area contributed by atoms with E-state index in [9.17, 15) is 13.2 Å². The monoisotopic (exact) mass is 340 g/mol. The van der Waals surface area contributed by atoms with Gasteiger partial charge in [-0.15, -0.1) is 0 Å². The zero-order valence-electron chi connectivity index (χ0n) is 10.7. The van der Waals surface area contributed by atoms with Crippen molar-refractivity contribution in [1.29, 1.82) is 0 Å². The fourth-order valence-corrected chi connectivity index (χ4v) is 3.00. The van der Waals surface area contributed by atoms with Gasteiger partial charge in [-0.25, -0.2) is 8.42 Å². The fourth-order valence-electron chi connectivity index (χ4n) is 1.37. The molecule has 1 aromatic rings. The third-order valence-electron chi connectivity index (χ3n) is 2.28. The van der Waals surface area contributed by atoms with Crippen LogP contribution in [-0.2, 0) is 19.4 Å². The topological polar surface area (TPSA) is 98.5 Å². The highest BCUT2D eigenvalue weighted by Gasteiger charge is 2.18. The Morgan fingerprint density at radius 1 is 1.35 bits per heavy atom. The Morgan fingerprint density at radius 2 is 1.90 bits per heavy atom. The van der Waals surface area contributed by atoms with Gasteiger partial charge in [0.1, 0.15) is 5.75 Å². The van der Waals surface area contributed by atoms with Gasteiger partial charge in [0, 0.05) is 12.8 Å². The molecule has 0 saturated heterocycles. The molecule has 0 bridgehead atoms. The first-order valence-corrected chi connectivity index (χ1v) is 8.06. The molecule has 1 aromatic carbocycles. The number of nitrogen functional groups attached to an aromatic ring is 1. The number of anilines is 2. The molecule has 3 N–H and O–H groups in total. The Kier molecular flexibility index (Phi) is 6.07. The van der Waals surface area contributed by atoms with Crippen molar-refractivity contribution in [3.8, 4) is 0 Å². The van der Waals surface area contributed by atoms with Crippen LogP contribution in [0.3, 0.4) is 0 Å². The molecule has 0 atom stereocenters. The summed E-state index contributed by atoms with van der Waals surface area (Å²) in [5, 5.41) is 2.63. The van der Waals surface area contributed by atoms with Gasteiger partial charge in [-0.3, -0.25) is 4.79 Å². The second kappa shape index (κ2) is 7.12. The number of carbonyl (C=O) groups is 1. The highest BCUT2D eigenvalue weighted by Crippen LogP contribution is 2.32. The van der Waals surface area contributed by atoms with Crippen LogP contribution in [0.25, 0.3) is 0 Å². The summed E-state index contributed by atoms with van der Waals surface area (Å²) >= 11 is 11.8. The first-order chi connectivity index (χ1) is 9.25. The molecule has 1 rings (SSSR count). The minimum absolute atomic E-state index is 0.0268. The van der Waals surface area contributed by atoms with E-state index in [4.69, 9.17) is 28.9 Å². The van der Waals surface area contributed by atoms with Gasteiger partial charge in [0.2, 0.25) is 5.91 Å². The lowest BCUT2D eigenvalue weighted by Gasteiger charge is -2.10. The predicted octanol–water partition coefficient (Wildman–Crippen LogP) is 1.58. The van der Waals surface area contributed by atoms with Gasteiger partial charge in [0.15, 0.2) is 9.84 Å². The lowest BCUT2D eigenvalue weighted by Crippen LogP contribution is -2.26. The SMILES string of the molecule is COCCS(=O)(=O)CC(=O)Nc1c(Cl)cc(N)cc1Cl. The summed E-state index contributed by atoms with van der Waals surface area (Å²) in [7, 11) is -2.17. The summed E-state index contributed by atoms with van der Waals surface area (Å²) in [5.41, 5.74) is 6.00. The molecule has 0 unspecified atom stereocenters. The molecule has 0 aromatic heterocycles. The van der Waals surface area contributed by atoms with Crippen LogP contribution in [0.1, 0.15) is 0 Å². The highest BCUT2D eigenvalue weighted by molar-refractivity contribution is 7.92. The molecule has 6 nitrogen and oxygen atoms in total. The quantitative estimate of drug-likeness (QED) is 0.766. The van der Waals surface area contributed by atoms with E-state index in [-0.39, 0.29) is 28.1 Å². The number of hydrogen-bond acceptors (Lipinski definition) is 5. The second-order valence-electron chi connectivity index (χ2n) is 3.99. The number of halogens is 2. The van der Waals surface area contributed by atoms with Gasteiger partial charge < -0.3 is 15.8 Å². The first-order valence-electron chi connectivity index (χ1n) is 5.49. The van der Waals surface area contributed by atoms with Crippen molar-refractivity contribution in [3.63, 3.8) is 0 Å². The van der Waals surface area contributed by atoms with Crippen molar-refractivity contribution in [2.75, 3.05) is 36.3 Å². The van der Waals surface area contributed by atoms with Crippen molar-refractivity contribution in [3.05, 3.63) is 22.2 Å². The van der Waals surface area contributed by atoms with Crippen molar-refractivity contribution in [1.82, 2.24) is 0 Å². The number of benzene rings is 1. The normalized spacial score (nSPS) is 11.3. The zero-order valence-corrected chi connectivity index (χ0v) is 13.0. The molecule has 20 heavy (non-hydrogen) atoms. The number of rotatable bonds is 6. The number of methoxy groups -OCH3 is 1. The Hall–Kier alpha value is -1.02. The predicted molar refractivity (Wildman–Crippen MR) is 80.0 cm³/mol. The smallest absolute Gasteiger partial charge is 0.239 e. The molecule has 0 aliphatic rings. The van der Waals surface area contributed by atoms with Crippen LogP contribution in [-0.4, -0.2) is 39.5 Å². The number of hydrogen-bond donors (Lipinski definition) is 2. The summed E-state index contributed by atoms with van der Waals surface area (Å²) in [6, 6.07) is 2.81. The summed E-state index contributed by atoms with van der Waals surface area (Å²) in [5.74, 6) is -1.64. The average Bonchev–Trinajstić information content (AvgIpc) is 2.30. The Morgan fingerprint density at radius 3 is 2.40 bits per heavy atom. The van der Waals surface area contributed by atoms with E-state index in [1.807, 2.05) is 0 Å². The van der Waals surface area contributed by atoms with E-state index in [0.717, 1.165) is 0 Å². The van der Waals surface area contributed by atoms with Crippen LogP contribution in [0.5, 0.6) is 0 Å². The zero-order chi connectivity index (χ0) is 15.3. The van der Waals surface area contributed by atoms with Crippen LogP contribution in [0.2, 0.25) is 10.0 Å². The molecule has 0 heterocycles. The van der Waals surface area contributed by atoms with Crippen LogP contribution < -0.4 is 11.1 Å². The van der Waals surface area contributed by atoms with Crippen LogP contribution in [0.15, 0.2) is 12.1 Å². The minimum atomic E-state index is -3.54. The van der Waals surface area contributed by atoms with Crippen LogP contribution in [0, 0.1) is 0 Å². The van der Waals surface area contributed by atoms with E-state index in [1.54, 1.807) is 0 Å². The van der Waals surface area contributed by atoms with Gasteiger partial charge in [-0.2, -0.15) is 0 Å². The lowest BCUT2D eigenvalue weighted by atomic mass is 10.3. The number of ether oxygens (including phenoxy) is 1. The first kappa shape index (κ1) is 17.0. The molecule has 0 radical (unpaired) electrons. The van der Waals surface area contributed by atoms with Crippen molar-refractivity contribution >= 4 is 50.3 Å². The maximum Gasteiger partial charge on any atom is 0.239 e. The van der Waals surface area contributed by atoms with E-state index >= 15 is 0 Å². The summed E-state index contributed by atoms with van der Waals surface area (Å²) in [6.45, 7) is 0.0268. The van der Waals surface area contributed by atoms with Gasteiger partial charge >= 0.3 is 0 Å². The van der Waals surface area contributed by atoms with Crippen molar-refractivity contribution in [2.24, 2.45) is 0 Å². The standard InChI is InChI=1S/C11H14Cl2N2O4S/c1-19-2-3-20(17,18)6-10(16)15-11-8(12)4-7(14)5-9(11)13/h4-5H,2-3,6,14H2,1H3,(H,15,16). The molecule has 0 aliphatic carbocycles. The maximum atomic E-state index is 11.7. The van der Waals surface area contributed by atoms with E-state index in [2.05, 4.69) is 10.1 Å². The maximum absolute atomic E-state index is 11.7. The van der Waals surface area contributed by atoms with Gasteiger partial charge in [0.05, 0.1) is 28.1 Å². The van der Waals surface area contributed by atoms with Crippen LogP contribution >= 0.6 is 23.2 Å². The number of amides is 1. The van der Waals surface area contributed by atoms with Crippen LogP contribution in [0.4, 0.5) is 11.4 Å². The summed E-state index contributed by atoms with van der Waals surface area (Å²) in [4.78, 5) is 11.7. The lowest BCUT2D eigenvalue weighted by molar-refractivity contribution is -0.113. The third kappa shape index (κ3) is 5.16. The minimum Gasteiger partial charge on any atom is -0.399 e. The van der Waals surface area contributed by atoms with E-state index < -0.39 is 21.5 Å². The number of carbonyl (C=O) groups excluding carboxylic acids is 1. The number of nitrogens with one attached hydrogen (secondary N) is 1. The van der Waals surface area contributed by atoms with Gasteiger partial charge in [-0.1, -0.05) is 23.2 Å². The summed E-state index contributed by atoms with van der Waals surface area (Å²) in [6.07, 6.45) is 0. The molecule has 9 heteroatoms. The summed E-state index contributed by atoms with van der Waals surface area (Å²) < 4.78 is 27.8. The molecule has 0 aliphatic heterocycles. The van der Waals surface area contributed by atoms with Crippen molar-refractivity contribution in [2.45, 2.75) is 0 Å². The van der Waals surface area contributed by atoms with Crippen molar-refractivity contribution < 1.29 is 17.9 Å². The highest BCUT2D eigenvalue weighted by atomic mass is 35.5. The molecule has 0 fully saturated rings. The molecule has 0 spiro atoms. The molecule has 0 saturated carbocycles. The Balaban J connectivity index is 2.77. The number of sulfone groups is 1. The van der Waals surface area contributed by atoms with E-state index in [0.29, 0.717) is 5.69 Å². The molecular weight excluding hydrogens is 327 g/mol. The molecule has 112 valence electrons. The number of nitrogens with two attached hydrogens (primary N) is 1. The molecular formula is C11H14Cl2N2O4S. The molecule has 1 amide bonds. The average molecular weight is 341 g/mol.